The van der Waals surface area contributed by atoms with E-state index >= 15 is 0 Å². The van der Waals surface area contributed by atoms with Crippen LogP contribution in [0.2, 0.25) is 0 Å². The molecule has 0 aliphatic heterocycles. The highest BCUT2D eigenvalue weighted by atomic mass is 32.1. The van der Waals surface area contributed by atoms with Crippen molar-refractivity contribution in [3.8, 4) is 0 Å². The molecular formula is C4H6BNO2S. The molecule has 9 heavy (non-hydrogen) atoms. The Morgan fingerprint density at radius 2 is 2.33 bits per heavy atom. The molecule has 1 rings (SSSR count). The van der Waals surface area contributed by atoms with Gasteiger partial charge in [-0.15, -0.1) is 11.3 Å². The van der Waals surface area contributed by atoms with Crippen molar-refractivity contribution in [2.45, 2.75) is 6.92 Å². The molecule has 0 unspecified atom stereocenters. The summed E-state index contributed by atoms with van der Waals surface area (Å²) in [4.78, 5) is 4.59. The van der Waals surface area contributed by atoms with Gasteiger partial charge in [-0.1, -0.05) is 0 Å². The van der Waals surface area contributed by atoms with E-state index in [1.54, 1.807) is 12.4 Å². The highest BCUT2D eigenvalue weighted by Crippen LogP contribution is 1.99. The maximum Gasteiger partial charge on any atom is 0.509 e. The Hall–Kier alpha value is -0.385. The molecule has 0 aliphatic rings. The van der Waals surface area contributed by atoms with E-state index in [0.29, 0.717) is 5.59 Å². The average molecular weight is 143 g/mol. The molecule has 5 heteroatoms. The SMILES string of the molecule is Cc1scnc1B(O)O. The molecule has 0 saturated heterocycles. The van der Waals surface area contributed by atoms with Crippen molar-refractivity contribution in [2.24, 2.45) is 0 Å². The van der Waals surface area contributed by atoms with Gasteiger partial charge >= 0.3 is 7.12 Å². The van der Waals surface area contributed by atoms with Gasteiger partial charge in [0.05, 0.1) is 11.1 Å². The van der Waals surface area contributed by atoms with Crippen LogP contribution in [-0.4, -0.2) is 22.2 Å². The van der Waals surface area contributed by atoms with Crippen LogP contribution in [0, 0.1) is 6.92 Å². The van der Waals surface area contributed by atoms with Gasteiger partial charge in [0.15, 0.2) is 0 Å². The maximum absolute atomic E-state index is 8.59. The zero-order valence-electron chi connectivity index (χ0n) is 4.90. The molecule has 1 aromatic rings. The van der Waals surface area contributed by atoms with E-state index in [0.717, 1.165) is 4.88 Å². The lowest BCUT2D eigenvalue weighted by atomic mass is 9.86. The number of nitrogens with zero attached hydrogens (tertiary/aromatic N) is 1. The summed E-state index contributed by atoms with van der Waals surface area (Å²) in [5.41, 5.74) is 1.95. The monoisotopic (exact) mass is 143 g/mol. The third-order valence-electron chi connectivity index (χ3n) is 1.03. The fourth-order valence-corrected chi connectivity index (χ4v) is 1.17. The predicted octanol–water partition coefficient (Wildman–Crippen LogP) is -0.869. The molecule has 48 valence electrons. The van der Waals surface area contributed by atoms with Gasteiger partial charge in [0.25, 0.3) is 0 Å². The Kier molecular flexibility index (Phi) is 1.85. The highest BCUT2D eigenvalue weighted by molar-refractivity contribution is 7.10. The summed E-state index contributed by atoms with van der Waals surface area (Å²) in [6.07, 6.45) is 0. The number of hydrogen-bond acceptors (Lipinski definition) is 4. The van der Waals surface area contributed by atoms with E-state index in [9.17, 15) is 0 Å². The summed E-state index contributed by atoms with van der Waals surface area (Å²) in [6.45, 7) is 1.80. The molecule has 1 heterocycles. The van der Waals surface area contributed by atoms with Crippen LogP contribution in [0.1, 0.15) is 4.88 Å². The summed E-state index contributed by atoms with van der Waals surface area (Å²) in [5.74, 6) is 0. The number of hydrogen-bond donors (Lipinski definition) is 2. The van der Waals surface area contributed by atoms with Crippen LogP contribution in [0.25, 0.3) is 0 Å². The highest BCUT2D eigenvalue weighted by Gasteiger charge is 2.15. The molecule has 0 fully saturated rings. The lowest BCUT2D eigenvalue weighted by molar-refractivity contribution is 0.424. The minimum atomic E-state index is -1.42. The Balaban J connectivity index is 2.94. The Bertz CT molecular complexity index is 200. The summed E-state index contributed by atoms with van der Waals surface area (Å²) in [6, 6.07) is 0. The molecule has 3 nitrogen and oxygen atoms in total. The first-order valence-electron chi connectivity index (χ1n) is 2.48. The van der Waals surface area contributed by atoms with E-state index in [-0.39, 0.29) is 0 Å². The number of aromatic nitrogens is 1. The van der Waals surface area contributed by atoms with E-state index in [4.69, 9.17) is 10.0 Å². The zero-order valence-corrected chi connectivity index (χ0v) is 5.72. The molecule has 0 atom stereocenters. The van der Waals surface area contributed by atoms with Crippen molar-refractivity contribution >= 4 is 24.0 Å². The van der Waals surface area contributed by atoms with E-state index in [1.165, 1.54) is 11.3 Å². The Morgan fingerprint density at radius 3 is 2.56 bits per heavy atom. The van der Waals surface area contributed by atoms with Gasteiger partial charge in [-0.3, -0.25) is 4.98 Å². The quantitative estimate of drug-likeness (QED) is 0.502. The van der Waals surface area contributed by atoms with Crippen molar-refractivity contribution in [1.29, 1.82) is 0 Å². The summed E-state index contributed by atoms with van der Waals surface area (Å²) in [5, 5.41) is 17.2. The molecule has 2 N–H and O–H groups in total. The van der Waals surface area contributed by atoms with Gasteiger partial charge in [0, 0.05) is 4.88 Å². The van der Waals surface area contributed by atoms with Gasteiger partial charge in [-0.25, -0.2) is 0 Å². The van der Waals surface area contributed by atoms with Crippen molar-refractivity contribution < 1.29 is 10.0 Å². The van der Waals surface area contributed by atoms with E-state index in [1.807, 2.05) is 0 Å². The minimum Gasteiger partial charge on any atom is -0.422 e. The largest absolute Gasteiger partial charge is 0.509 e. The van der Waals surface area contributed by atoms with Crippen molar-refractivity contribution in [2.75, 3.05) is 0 Å². The molecule has 0 radical (unpaired) electrons. The van der Waals surface area contributed by atoms with E-state index < -0.39 is 7.12 Å². The fraction of sp³-hybridized carbons (Fsp3) is 0.250. The lowest BCUT2D eigenvalue weighted by Crippen LogP contribution is -2.32. The Morgan fingerprint density at radius 1 is 1.67 bits per heavy atom. The average Bonchev–Trinajstić information content (AvgIpc) is 2.13. The van der Waals surface area contributed by atoms with Crippen molar-refractivity contribution in [3.05, 3.63) is 10.4 Å². The third-order valence-corrected chi connectivity index (χ3v) is 1.80. The summed E-state index contributed by atoms with van der Waals surface area (Å²) in [7, 11) is -1.42. The van der Waals surface area contributed by atoms with Gasteiger partial charge in [-0.05, 0) is 6.92 Å². The molecule has 0 spiro atoms. The van der Waals surface area contributed by atoms with E-state index in [2.05, 4.69) is 4.98 Å². The fourth-order valence-electron chi connectivity index (χ4n) is 0.562. The second-order valence-corrected chi connectivity index (χ2v) is 2.73. The molecule has 0 bridgehead atoms. The van der Waals surface area contributed by atoms with Crippen LogP contribution in [0.5, 0.6) is 0 Å². The number of aryl methyl sites for hydroxylation is 1. The van der Waals surface area contributed by atoms with Crippen LogP contribution in [-0.2, 0) is 0 Å². The molecule has 0 saturated carbocycles. The maximum atomic E-state index is 8.59. The van der Waals surface area contributed by atoms with Gasteiger partial charge in [0.2, 0.25) is 0 Å². The number of thiazole rings is 1. The molecular weight excluding hydrogens is 137 g/mol. The normalized spacial score (nSPS) is 9.67. The van der Waals surface area contributed by atoms with Crippen LogP contribution in [0.4, 0.5) is 0 Å². The Labute approximate surface area is 57.1 Å². The summed E-state index contributed by atoms with van der Waals surface area (Å²) >= 11 is 1.40. The topological polar surface area (TPSA) is 53.4 Å². The van der Waals surface area contributed by atoms with Crippen LogP contribution in [0.3, 0.4) is 0 Å². The second kappa shape index (κ2) is 2.47. The van der Waals surface area contributed by atoms with Crippen molar-refractivity contribution in [3.63, 3.8) is 0 Å². The van der Waals surface area contributed by atoms with Crippen LogP contribution < -0.4 is 5.59 Å². The summed E-state index contributed by atoms with van der Waals surface area (Å²) < 4.78 is 0. The molecule has 0 amide bonds. The van der Waals surface area contributed by atoms with Crippen molar-refractivity contribution in [1.82, 2.24) is 4.98 Å². The zero-order chi connectivity index (χ0) is 6.85. The molecule has 0 aromatic carbocycles. The van der Waals surface area contributed by atoms with Gasteiger partial charge in [-0.2, -0.15) is 0 Å². The first-order valence-corrected chi connectivity index (χ1v) is 3.36. The van der Waals surface area contributed by atoms with Gasteiger partial charge in [0.1, 0.15) is 0 Å². The second-order valence-electron chi connectivity index (χ2n) is 1.67. The first-order chi connectivity index (χ1) is 4.22. The van der Waals surface area contributed by atoms with Gasteiger partial charge < -0.3 is 10.0 Å². The van der Waals surface area contributed by atoms with Crippen LogP contribution in [0.15, 0.2) is 5.51 Å². The molecule has 1 aromatic heterocycles. The smallest absolute Gasteiger partial charge is 0.422 e. The third kappa shape index (κ3) is 1.30. The standard InChI is InChI=1S/C4H6BNO2S/c1-3-4(5(7)8)6-2-9-3/h2,7-8H,1H3. The lowest BCUT2D eigenvalue weighted by Gasteiger charge is -1.91. The minimum absolute atomic E-state index is 0.361. The molecule has 0 aliphatic carbocycles. The number of rotatable bonds is 1. The van der Waals surface area contributed by atoms with Crippen LogP contribution >= 0.6 is 11.3 Å². The first kappa shape index (κ1) is 6.73. The predicted molar refractivity (Wildman–Crippen MR) is 36.7 cm³/mol.